The van der Waals surface area contributed by atoms with Crippen LogP contribution in [0.4, 0.5) is 5.82 Å². The summed E-state index contributed by atoms with van der Waals surface area (Å²) in [6.07, 6.45) is 1.89. The van der Waals surface area contributed by atoms with Gasteiger partial charge in [0.1, 0.15) is 5.82 Å². The Labute approximate surface area is 63.6 Å². The van der Waals surface area contributed by atoms with Crippen LogP contribution in [0.2, 0.25) is 0 Å². The van der Waals surface area contributed by atoms with E-state index in [4.69, 9.17) is 0 Å². The highest BCUT2D eigenvalue weighted by atomic mass is 32.2. The summed E-state index contributed by atoms with van der Waals surface area (Å²) in [5, 5.41) is 10.1. The van der Waals surface area contributed by atoms with Crippen LogP contribution >= 0.6 is 11.8 Å². The average Bonchev–Trinajstić information content (AvgIpc) is 2.28. The molecule has 0 saturated heterocycles. The lowest BCUT2D eigenvalue weighted by atomic mass is 10.4. The van der Waals surface area contributed by atoms with E-state index in [9.17, 15) is 0 Å². The fraction of sp³-hybridized carbons (Fsp3) is 0.500. The van der Waals surface area contributed by atoms with Gasteiger partial charge in [-0.05, 0) is 0 Å². The van der Waals surface area contributed by atoms with Gasteiger partial charge >= 0.3 is 0 Å². The molecule has 2 rings (SSSR count). The van der Waals surface area contributed by atoms with Gasteiger partial charge in [0.25, 0.3) is 0 Å². The molecule has 1 aromatic heterocycles. The Morgan fingerprint density at radius 3 is 3.60 bits per heavy atom. The van der Waals surface area contributed by atoms with Crippen LogP contribution < -0.4 is 5.32 Å². The van der Waals surface area contributed by atoms with Crippen molar-refractivity contribution < 1.29 is 0 Å². The maximum atomic E-state index is 3.94. The molecule has 0 aliphatic carbocycles. The highest BCUT2D eigenvalue weighted by molar-refractivity contribution is 7.98. The Kier molecular flexibility index (Phi) is 1.55. The quantitative estimate of drug-likeness (QED) is 0.588. The standard InChI is InChI=1S/C6H9N3S/c1-2-10-4-5-3-8-9-6(5)7-1/h3H,1-2,4H2,(H2,7,8,9). The Bertz CT molecular complexity index is 200. The molecule has 0 aromatic carbocycles. The molecule has 10 heavy (non-hydrogen) atoms. The maximum Gasteiger partial charge on any atom is 0.125 e. The number of H-pyrrole nitrogens is 1. The molecule has 1 aromatic rings. The van der Waals surface area contributed by atoms with Crippen LogP contribution in [-0.4, -0.2) is 22.5 Å². The van der Waals surface area contributed by atoms with E-state index in [2.05, 4.69) is 15.5 Å². The van der Waals surface area contributed by atoms with E-state index in [-0.39, 0.29) is 0 Å². The lowest BCUT2D eigenvalue weighted by Gasteiger charge is -1.96. The second-order valence-electron chi connectivity index (χ2n) is 2.25. The van der Waals surface area contributed by atoms with E-state index in [1.165, 1.54) is 11.3 Å². The minimum atomic E-state index is 1.04. The topological polar surface area (TPSA) is 40.7 Å². The van der Waals surface area contributed by atoms with Gasteiger partial charge < -0.3 is 5.32 Å². The van der Waals surface area contributed by atoms with Crippen LogP contribution in [0.1, 0.15) is 5.56 Å². The van der Waals surface area contributed by atoms with Crippen molar-refractivity contribution in [3.05, 3.63) is 11.8 Å². The minimum Gasteiger partial charge on any atom is -0.369 e. The van der Waals surface area contributed by atoms with Gasteiger partial charge in [-0.25, -0.2) is 0 Å². The third-order valence-corrected chi connectivity index (χ3v) is 2.53. The zero-order chi connectivity index (χ0) is 6.81. The maximum absolute atomic E-state index is 3.94. The van der Waals surface area contributed by atoms with E-state index >= 15 is 0 Å². The number of aromatic amines is 1. The van der Waals surface area contributed by atoms with Crippen molar-refractivity contribution in [2.75, 3.05) is 17.6 Å². The predicted molar refractivity (Wildman–Crippen MR) is 43.2 cm³/mol. The summed E-state index contributed by atoms with van der Waals surface area (Å²) in [4.78, 5) is 0. The number of anilines is 1. The first-order valence-corrected chi connectivity index (χ1v) is 4.46. The summed E-state index contributed by atoms with van der Waals surface area (Å²) >= 11 is 1.94. The Hall–Kier alpha value is -0.640. The summed E-state index contributed by atoms with van der Waals surface area (Å²) in [6, 6.07) is 0. The number of nitrogens with one attached hydrogen (secondary N) is 2. The number of rotatable bonds is 0. The van der Waals surface area contributed by atoms with Crippen LogP contribution in [-0.2, 0) is 5.75 Å². The number of hydrogen-bond donors (Lipinski definition) is 2. The van der Waals surface area contributed by atoms with Gasteiger partial charge in [-0.3, -0.25) is 5.10 Å². The van der Waals surface area contributed by atoms with Crippen molar-refractivity contribution in [2.24, 2.45) is 0 Å². The third kappa shape index (κ3) is 0.988. The van der Waals surface area contributed by atoms with Gasteiger partial charge in [0, 0.05) is 23.6 Å². The van der Waals surface area contributed by atoms with E-state index in [1.807, 2.05) is 18.0 Å². The number of hydrogen-bond acceptors (Lipinski definition) is 3. The van der Waals surface area contributed by atoms with Crippen molar-refractivity contribution in [3.8, 4) is 0 Å². The van der Waals surface area contributed by atoms with E-state index in [1.54, 1.807) is 0 Å². The highest BCUT2D eigenvalue weighted by Crippen LogP contribution is 2.20. The zero-order valence-electron chi connectivity index (χ0n) is 5.55. The molecule has 0 amide bonds. The summed E-state index contributed by atoms with van der Waals surface area (Å²) in [5.41, 5.74) is 1.29. The molecule has 1 aliphatic rings. The van der Waals surface area contributed by atoms with Crippen molar-refractivity contribution in [2.45, 2.75) is 5.75 Å². The SMILES string of the molecule is c1n[nH]c2c1CSCCN2. The van der Waals surface area contributed by atoms with Crippen LogP contribution in [0.15, 0.2) is 6.20 Å². The fourth-order valence-electron chi connectivity index (χ4n) is 1.00. The highest BCUT2D eigenvalue weighted by Gasteiger charge is 2.07. The Morgan fingerprint density at radius 2 is 2.60 bits per heavy atom. The molecule has 0 spiro atoms. The van der Waals surface area contributed by atoms with Crippen LogP contribution in [0.3, 0.4) is 0 Å². The fourth-order valence-corrected chi connectivity index (χ4v) is 1.83. The summed E-state index contributed by atoms with van der Waals surface area (Å²) in [5.74, 6) is 3.37. The molecule has 2 heterocycles. The van der Waals surface area contributed by atoms with E-state index < -0.39 is 0 Å². The first-order chi connectivity index (χ1) is 4.97. The zero-order valence-corrected chi connectivity index (χ0v) is 6.37. The number of aromatic nitrogens is 2. The Morgan fingerprint density at radius 1 is 1.60 bits per heavy atom. The number of nitrogens with zero attached hydrogens (tertiary/aromatic N) is 1. The van der Waals surface area contributed by atoms with E-state index in [0.717, 1.165) is 18.1 Å². The Balaban J connectivity index is 2.28. The van der Waals surface area contributed by atoms with Gasteiger partial charge in [0.05, 0.1) is 6.20 Å². The average molecular weight is 155 g/mol. The van der Waals surface area contributed by atoms with Gasteiger partial charge in [-0.2, -0.15) is 16.9 Å². The predicted octanol–water partition coefficient (Wildman–Crippen LogP) is 1.07. The first kappa shape index (κ1) is 6.09. The normalized spacial score (nSPS) is 17.2. The second kappa shape index (κ2) is 2.54. The molecule has 0 radical (unpaired) electrons. The molecule has 54 valence electrons. The molecular formula is C6H9N3S. The van der Waals surface area contributed by atoms with Gasteiger partial charge in [-0.1, -0.05) is 0 Å². The molecular weight excluding hydrogens is 146 g/mol. The molecule has 2 N–H and O–H groups in total. The van der Waals surface area contributed by atoms with Gasteiger partial charge in [-0.15, -0.1) is 0 Å². The summed E-state index contributed by atoms with van der Waals surface area (Å²) in [6.45, 7) is 1.04. The van der Waals surface area contributed by atoms with Gasteiger partial charge in [0.2, 0.25) is 0 Å². The van der Waals surface area contributed by atoms with E-state index in [0.29, 0.717) is 0 Å². The smallest absolute Gasteiger partial charge is 0.125 e. The lowest BCUT2D eigenvalue weighted by Crippen LogP contribution is -2.02. The largest absolute Gasteiger partial charge is 0.369 e. The molecule has 1 aliphatic heterocycles. The van der Waals surface area contributed by atoms with Crippen molar-refractivity contribution in [3.63, 3.8) is 0 Å². The lowest BCUT2D eigenvalue weighted by molar-refractivity contribution is 1.07. The van der Waals surface area contributed by atoms with Crippen molar-refractivity contribution in [1.82, 2.24) is 10.2 Å². The first-order valence-electron chi connectivity index (χ1n) is 3.30. The molecule has 0 atom stereocenters. The molecule has 0 saturated carbocycles. The van der Waals surface area contributed by atoms with Crippen molar-refractivity contribution >= 4 is 17.6 Å². The van der Waals surface area contributed by atoms with Crippen LogP contribution in [0.5, 0.6) is 0 Å². The monoisotopic (exact) mass is 155 g/mol. The number of thioether (sulfide) groups is 1. The second-order valence-corrected chi connectivity index (χ2v) is 3.35. The molecule has 0 fully saturated rings. The summed E-state index contributed by atoms with van der Waals surface area (Å²) < 4.78 is 0. The minimum absolute atomic E-state index is 1.04. The number of fused-ring (bicyclic) bond motifs is 1. The van der Waals surface area contributed by atoms with Gasteiger partial charge in [0.15, 0.2) is 0 Å². The van der Waals surface area contributed by atoms with Crippen LogP contribution in [0, 0.1) is 0 Å². The molecule has 0 bridgehead atoms. The third-order valence-electron chi connectivity index (χ3n) is 1.52. The molecule has 0 unspecified atom stereocenters. The molecule has 4 heteroatoms. The van der Waals surface area contributed by atoms with Crippen LogP contribution in [0.25, 0.3) is 0 Å². The molecule has 3 nitrogen and oxygen atoms in total. The summed E-state index contributed by atoms with van der Waals surface area (Å²) in [7, 11) is 0. The van der Waals surface area contributed by atoms with Crippen molar-refractivity contribution in [1.29, 1.82) is 0 Å².